The molecular weight excluding hydrogens is 374 g/mol. The van der Waals surface area contributed by atoms with Crippen molar-refractivity contribution in [1.82, 2.24) is 0 Å². The first-order chi connectivity index (χ1) is 13.0. The number of carbonyl (C=O) groups excluding carboxylic acids is 1. The molecule has 2 aromatic carbocycles. The molecule has 0 aliphatic heterocycles. The van der Waals surface area contributed by atoms with Crippen molar-refractivity contribution in [1.29, 1.82) is 5.26 Å². The van der Waals surface area contributed by atoms with Crippen LogP contribution in [0.1, 0.15) is 38.3 Å². The third kappa shape index (κ3) is 5.57. The minimum Gasteiger partial charge on any atom is -0.326 e. The van der Waals surface area contributed by atoms with E-state index in [1.54, 1.807) is 18.2 Å². The molecule has 0 aromatic heterocycles. The van der Waals surface area contributed by atoms with Gasteiger partial charge in [-0.1, -0.05) is 45.0 Å². The van der Waals surface area contributed by atoms with E-state index in [4.69, 9.17) is 5.26 Å². The van der Waals surface area contributed by atoms with Crippen molar-refractivity contribution in [2.45, 2.75) is 32.6 Å². The van der Waals surface area contributed by atoms with Crippen LogP contribution in [0.15, 0.2) is 48.5 Å². The predicted octanol–water partition coefficient (Wildman–Crippen LogP) is 3.65. The van der Waals surface area contributed by atoms with Crippen LogP contribution in [0.4, 0.5) is 11.4 Å². The summed E-state index contributed by atoms with van der Waals surface area (Å²) in [4.78, 5) is 12.5. The van der Waals surface area contributed by atoms with E-state index in [2.05, 4.69) is 26.1 Å². The second-order valence-electron chi connectivity index (χ2n) is 7.59. The fourth-order valence-electron chi connectivity index (χ4n) is 2.88. The molecule has 0 fully saturated rings. The number of sulfonamides is 1. The summed E-state index contributed by atoms with van der Waals surface area (Å²) in [6.07, 6.45) is 1.07. The molecule has 0 saturated heterocycles. The first-order valence-corrected chi connectivity index (χ1v) is 10.7. The van der Waals surface area contributed by atoms with Crippen LogP contribution in [0, 0.1) is 11.3 Å². The average molecular weight is 400 g/mol. The van der Waals surface area contributed by atoms with Gasteiger partial charge in [0.15, 0.2) is 0 Å². The molecule has 1 N–H and O–H groups in total. The maximum atomic E-state index is 12.5. The van der Waals surface area contributed by atoms with Crippen molar-refractivity contribution in [2.75, 3.05) is 22.4 Å². The summed E-state index contributed by atoms with van der Waals surface area (Å²) >= 11 is 0. The first-order valence-electron chi connectivity index (χ1n) is 8.89. The molecule has 0 saturated carbocycles. The number of nitriles is 1. The van der Waals surface area contributed by atoms with E-state index in [0.717, 1.165) is 21.8 Å². The number of nitrogens with one attached hydrogen (secondary N) is 1. The minimum absolute atomic E-state index is 0.0116. The number of rotatable bonds is 6. The van der Waals surface area contributed by atoms with E-state index in [0.29, 0.717) is 11.3 Å². The Morgan fingerprint density at radius 3 is 2.43 bits per heavy atom. The van der Waals surface area contributed by atoms with Gasteiger partial charge in [-0.25, -0.2) is 8.42 Å². The van der Waals surface area contributed by atoms with Crippen LogP contribution in [0.25, 0.3) is 0 Å². The lowest BCUT2D eigenvalue weighted by molar-refractivity contribution is -0.116. The molecule has 0 aliphatic carbocycles. The van der Waals surface area contributed by atoms with Crippen LogP contribution in [0.5, 0.6) is 0 Å². The quantitative estimate of drug-likeness (QED) is 0.803. The fourth-order valence-corrected chi connectivity index (χ4v) is 3.80. The molecule has 2 rings (SSSR count). The number of amides is 1. The van der Waals surface area contributed by atoms with Crippen LogP contribution in [0.3, 0.4) is 0 Å². The molecule has 0 spiro atoms. The van der Waals surface area contributed by atoms with Gasteiger partial charge in [0.05, 0.1) is 23.6 Å². The van der Waals surface area contributed by atoms with E-state index in [1.165, 1.54) is 6.07 Å². The summed E-state index contributed by atoms with van der Waals surface area (Å²) in [6.45, 7) is 6.17. The smallest absolute Gasteiger partial charge is 0.232 e. The SMILES string of the molecule is CC(C)(C)c1ccccc1NC(=O)CCN(c1cccc(C#N)c1)S(C)(=O)=O. The summed E-state index contributed by atoms with van der Waals surface area (Å²) in [7, 11) is -3.60. The molecule has 0 radical (unpaired) electrons. The summed E-state index contributed by atoms with van der Waals surface area (Å²) in [6, 6.07) is 15.9. The van der Waals surface area contributed by atoms with Gasteiger partial charge in [0.2, 0.25) is 15.9 Å². The van der Waals surface area contributed by atoms with Gasteiger partial charge in [-0.3, -0.25) is 9.10 Å². The molecule has 2 aromatic rings. The zero-order valence-corrected chi connectivity index (χ0v) is 17.4. The Morgan fingerprint density at radius 2 is 1.82 bits per heavy atom. The average Bonchev–Trinajstić information content (AvgIpc) is 2.60. The second kappa shape index (κ2) is 8.44. The Hall–Kier alpha value is -2.85. The zero-order valence-electron chi connectivity index (χ0n) is 16.6. The van der Waals surface area contributed by atoms with E-state index in [1.807, 2.05) is 30.3 Å². The van der Waals surface area contributed by atoms with Gasteiger partial charge in [-0.05, 0) is 35.2 Å². The van der Waals surface area contributed by atoms with E-state index >= 15 is 0 Å². The topological polar surface area (TPSA) is 90.3 Å². The van der Waals surface area contributed by atoms with Gasteiger partial charge in [0, 0.05) is 18.7 Å². The van der Waals surface area contributed by atoms with Gasteiger partial charge >= 0.3 is 0 Å². The molecule has 6 nitrogen and oxygen atoms in total. The van der Waals surface area contributed by atoms with Crippen molar-refractivity contribution in [2.24, 2.45) is 0 Å². The molecule has 28 heavy (non-hydrogen) atoms. The molecule has 1 amide bonds. The van der Waals surface area contributed by atoms with Crippen molar-refractivity contribution >= 4 is 27.3 Å². The van der Waals surface area contributed by atoms with Gasteiger partial charge in [0.1, 0.15) is 0 Å². The number of anilines is 2. The Kier molecular flexibility index (Phi) is 6.47. The van der Waals surface area contributed by atoms with Crippen LogP contribution in [0.2, 0.25) is 0 Å². The van der Waals surface area contributed by atoms with Gasteiger partial charge in [-0.2, -0.15) is 5.26 Å². The summed E-state index contributed by atoms with van der Waals surface area (Å²) < 4.78 is 25.5. The highest BCUT2D eigenvalue weighted by molar-refractivity contribution is 7.92. The van der Waals surface area contributed by atoms with E-state index in [9.17, 15) is 13.2 Å². The summed E-state index contributed by atoms with van der Waals surface area (Å²) in [5.41, 5.74) is 2.31. The summed E-state index contributed by atoms with van der Waals surface area (Å²) in [5.74, 6) is -0.276. The van der Waals surface area contributed by atoms with E-state index in [-0.39, 0.29) is 24.3 Å². The van der Waals surface area contributed by atoms with Gasteiger partial charge < -0.3 is 5.32 Å². The minimum atomic E-state index is -3.60. The van der Waals surface area contributed by atoms with Crippen LogP contribution in [-0.4, -0.2) is 27.1 Å². The molecule has 0 unspecified atom stereocenters. The van der Waals surface area contributed by atoms with Crippen molar-refractivity contribution < 1.29 is 13.2 Å². The highest BCUT2D eigenvalue weighted by Crippen LogP contribution is 2.29. The van der Waals surface area contributed by atoms with Crippen molar-refractivity contribution in [3.8, 4) is 6.07 Å². The molecule has 0 heterocycles. The lowest BCUT2D eigenvalue weighted by Gasteiger charge is -2.24. The zero-order chi connectivity index (χ0) is 20.9. The monoisotopic (exact) mass is 399 g/mol. The first kappa shape index (κ1) is 21.5. The largest absolute Gasteiger partial charge is 0.326 e. The number of benzene rings is 2. The Balaban J connectivity index is 2.17. The number of hydrogen-bond donors (Lipinski definition) is 1. The number of para-hydroxylation sites is 1. The molecular formula is C21H25N3O3S. The lowest BCUT2D eigenvalue weighted by atomic mass is 9.86. The number of nitrogens with zero attached hydrogens (tertiary/aromatic N) is 2. The lowest BCUT2D eigenvalue weighted by Crippen LogP contribution is -2.33. The molecule has 0 aliphatic rings. The maximum absolute atomic E-state index is 12.5. The third-order valence-corrected chi connectivity index (χ3v) is 5.41. The molecule has 148 valence electrons. The van der Waals surface area contributed by atoms with Gasteiger partial charge in [-0.15, -0.1) is 0 Å². The summed E-state index contributed by atoms with van der Waals surface area (Å²) in [5, 5.41) is 11.9. The Morgan fingerprint density at radius 1 is 1.14 bits per heavy atom. The highest BCUT2D eigenvalue weighted by atomic mass is 32.2. The standard InChI is InChI=1S/C21H25N3O3S/c1-21(2,3)18-10-5-6-11-19(18)23-20(25)12-13-24(28(4,26)27)17-9-7-8-16(14-17)15-22/h5-11,14H,12-13H2,1-4H3,(H,23,25). The fraction of sp³-hybridized carbons (Fsp3) is 0.333. The van der Waals surface area contributed by atoms with E-state index < -0.39 is 10.0 Å². The Labute approximate surface area is 166 Å². The second-order valence-corrected chi connectivity index (χ2v) is 9.50. The molecule has 0 bridgehead atoms. The third-order valence-electron chi connectivity index (χ3n) is 4.21. The van der Waals surface area contributed by atoms with Crippen LogP contribution >= 0.6 is 0 Å². The van der Waals surface area contributed by atoms with Gasteiger partial charge in [0.25, 0.3) is 0 Å². The molecule has 0 atom stereocenters. The molecule has 7 heteroatoms. The number of hydrogen-bond acceptors (Lipinski definition) is 4. The van der Waals surface area contributed by atoms with Crippen molar-refractivity contribution in [3.05, 3.63) is 59.7 Å². The van der Waals surface area contributed by atoms with Crippen molar-refractivity contribution in [3.63, 3.8) is 0 Å². The Bertz CT molecular complexity index is 1000. The van der Waals surface area contributed by atoms with Crippen LogP contribution < -0.4 is 9.62 Å². The predicted molar refractivity (Wildman–Crippen MR) is 112 cm³/mol. The maximum Gasteiger partial charge on any atom is 0.232 e. The van der Waals surface area contributed by atoms with Crippen LogP contribution in [-0.2, 0) is 20.2 Å². The highest BCUT2D eigenvalue weighted by Gasteiger charge is 2.21. The normalized spacial score (nSPS) is 11.5. The number of carbonyl (C=O) groups is 1.